The van der Waals surface area contributed by atoms with Gasteiger partial charge >= 0.3 is 26.4 Å². The molecule has 0 spiro atoms. The van der Waals surface area contributed by atoms with Gasteiger partial charge in [0.15, 0.2) is 16.6 Å². The summed E-state index contributed by atoms with van der Waals surface area (Å²) in [5.41, 5.74) is -0.215. The second-order valence-electron chi connectivity index (χ2n) is 16.8. The highest BCUT2D eigenvalue weighted by Crippen LogP contribution is 2.39. The molecule has 0 aliphatic carbocycles. The molecular weight excluding hydrogens is 799 g/mol. The Morgan fingerprint density at radius 2 is 0.768 bits per heavy atom. The molecular formula is C39H89NO11Si5. The molecule has 0 aliphatic rings. The molecule has 0 unspecified atom stereocenters. The molecule has 0 aromatic heterocycles. The third-order valence-corrected chi connectivity index (χ3v) is 27.7. The molecule has 0 radical (unpaired) electrons. The van der Waals surface area contributed by atoms with Gasteiger partial charge in [-0.2, -0.15) is 0 Å². The van der Waals surface area contributed by atoms with Crippen molar-refractivity contribution in [1.29, 1.82) is 0 Å². The fraction of sp³-hybridized carbons (Fsp3) is 0.974. The van der Waals surface area contributed by atoms with Gasteiger partial charge in [0.25, 0.3) is 0 Å². The van der Waals surface area contributed by atoms with Crippen molar-refractivity contribution in [1.82, 2.24) is 5.32 Å². The second-order valence-corrected chi connectivity index (χ2v) is 34.9. The van der Waals surface area contributed by atoms with E-state index in [2.05, 4.69) is 38.4 Å². The zero-order valence-corrected chi connectivity index (χ0v) is 43.8. The highest BCUT2D eigenvalue weighted by Gasteiger charge is 2.43. The van der Waals surface area contributed by atoms with Gasteiger partial charge in [0.2, 0.25) is 5.91 Å². The molecule has 12 nitrogen and oxygen atoms in total. The van der Waals surface area contributed by atoms with Gasteiger partial charge in [-0.25, -0.2) is 0 Å². The Morgan fingerprint density at radius 3 is 1.11 bits per heavy atom. The van der Waals surface area contributed by atoms with Gasteiger partial charge in [-0.15, -0.1) is 0 Å². The van der Waals surface area contributed by atoms with Gasteiger partial charge in [-0.05, 0) is 88.6 Å². The van der Waals surface area contributed by atoms with Crippen molar-refractivity contribution in [2.45, 2.75) is 172 Å². The van der Waals surface area contributed by atoms with Crippen molar-refractivity contribution >= 4 is 49.0 Å². The van der Waals surface area contributed by atoms with E-state index in [9.17, 15) is 4.79 Å². The summed E-state index contributed by atoms with van der Waals surface area (Å²) >= 11 is 0. The molecule has 0 aromatic carbocycles. The number of unbranched alkanes of at least 4 members (excludes halogenated alkanes) is 8. The SMILES string of the molecule is CCCC[Si](C)(C)O[Si](C)(C)CCCCCCCCCCC(=O)NCC(CCC[Si](OC)(OC)OC)(CCC[Si](OC)(OC)OC)CCC[Si](OC)(OC)OC. The molecule has 0 saturated heterocycles. The normalized spacial score (nSPS) is 13.5. The van der Waals surface area contributed by atoms with Crippen molar-refractivity contribution in [3.63, 3.8) is 0 Å². The fourth-order valence-corrected chi connectivity index (χ4v) is 22.3. The Kier molecular flexibility index (Phi) is 30.3. The number of carbonyl (C=O) groups is 1. The van der Waals surface area contributed by atoms with E-state index in [1.54, 1.807) is 64.0 Å². The zero-order chi connectivity index (χ0) is 42.6. The number of carbonyl (C=O) groups excluding carboxylic acids is 1. The number of hydrogen-bond donors (Lipinski definition) is 1. The topological polar surface area (TPSA) is 121 Å². The molecule has 0 bridgehead atoms. The van der Waals surface area contributed by atoms with Crippen LogP contribution in [0.2, 0.25) is 56.4 Å². The maximum atomic E-state index is 13.4. The van der Waals surface area contributed by atoms with Gasteiger partial charge < -0.3 is 49.3 Å². The third kappa shape index (κ3) is 22.7. The van der Waals surface area contributed by atoms with Gasteiger partial charge in [0, 0.05) is 95.1 Å². The number of nitrogens with one attached hydrogen (secondary N) is 1. The average Bonchev–Trinajstić information content (AvgIpc) is 3.19. The Balaban J connectivity index is 5.34. The van der Waals surface area contributed by atoms with E-state index in [-0.39, 0.29) is 11.3 Å². The van der Waals surface area contributed by atoms with Crippen LogP contribution in [0.3, 0.4) is 0 Å². The van der Waals surface area contributed by atoms with E-state index in [0.29, 0.717) is 31.1 Å². The molecule has 0 heterocycles. The van der Waals surface area contributed by atoms with Crippen molar-refractivity contribution in [3.05, 3.63) is 0 Å². The Hall–Kier alpha value is 0.154. The van der Waals surface area contributed by atoms with Crippen molar-refractivity contribution in [3.8, 4) is 0 Å². The summed E-state index contributed by atoms with van der Waals surface area (Å²) in [5, 5.41) is 3.36. The highest BCUT2D eigenvalue weighted by atomic mass is 28.4. The molecule has 0 atom stereocenters. The quantitative estimate of drug-likeness (QED) is 0.0469. The van der Waals surface area contributed by atoms with E-state index in [0.717, 1.165) is 51.4 Å². The smallest absolute Gasteiger partial charge is 0.455 e. The van der Waals surface area contributed by atoms with E-state index in [1.807, 2.05) is 0 Å². The van der Waals surface area contributed by atoms with Crippen LogP contribution in [0, 0.1) is 5.41 Å². The van der Waals surface area contributed by atoms with Crippen LogP contribution < -0.4 is 5.32 Å². The van der Waals surface area contributed by atoms with Crippen molar-refractivity contribution < 1.29 is 48.7 Å². The summed E-state index contributed by atoms with van der Waals surface area (Å²) in [6.07, 6.45) is 17.7. The molecule has 336 valence electrons. The molecule has 0 aliphatic heterocycles. The van der Waals surface area contributed by atoms with E-state index in [1.165, 1.54) is 63.5 Å². The monoisotopic (exact) mass is 888 g/mol. The number of hydrogen-bond acceptors (Lipinski definition) is 11. The van der Waals surface area contributed by atoms with Crippen molar-refractivity contribution in [2.24, 2.45) is 5.41 Å². The summed E-state index contributed by atoms with van der Waals surface area (Å²) in [4.78, 5) is 13.4. The van der Waals surface area contributed by atoms with Crippen molar-refractivity contribution in [2.75, 3.05) is 70.5 Å². The summed E-state index contributed by atoms with van der Waals surface area (Å²) in [6, 6.07) is 4.60. The lowest BCUT2D eigenvalue weighted by molar-refractivity contribution is -0.121. The minimum Gasteiger partial charge on any atom is -0.455 e. The number of amides is 1. The molecule has 0 aromatic rings. The standard InChI is InChI=1S/C39H89NO11Si5/c1-15-16-32-52(11,12)51-53(13,14)33-24-22-20-18-17-19-21-23-28-38(41)40-37-39(29-25-34-54(42-2,43-3)44-4,30-26-35-55(45-5,46-6)47-7)31-27-36-56(48-8,49-9)50-10/h15-37H2,1-14H3,(H,40,41). The second kappa shape index (κ2) is 30.2. The van der Waals surface area contributed by atoms with Gasteiger partial charge in [0.05, 0.1) is 0 Å². The first kappa shape index (κ1) is 56.2. The first-order valence-electron chi connectivity index (χ1n) is 21.5. The molecule has 1 amide bonds. The van der Waals surface area contributed by atoms with Crippen LogP contribution >= 0.6 is 0 Å². The average molecular weight is 889 g/mol. The number of rotatable bonds is 39. The molecule has 17 heteroatoms. The highest BCUT2D eigenvalue weighted by molar-refractivity contribution is 6.84. The minimum absolute atomic E-state index is 0.113. The predicted octanol–water partition coefficient (Wildman–Crippen LogP) is 9.80. The van der Waals surface area contributed by atoms with Crippen LogP contribution in [0.25, 0.3) is 0 Å². The minimum atomic E-state index is -2.77. The Morgan fingerprint density at radius 1 is 0.446 bits per heavy atom. The van der Waals surface area contributed by atoms with E-state index in [4.69, 9.17) is 43.9 Å². The lowest BCUT2D eigenvalue weighted by Crippen LogP contribution is -2.45. The maximum absolute atomic E-state index is 13.4. The molecule has 1 N–H and O–H groups in total. The molecule has 56 heavy (non-hydrogen) atoms. The molecule has 0 saturated carbocycles. The maximum Gasteiger partial charge on any atom is 0.500 e. The first-order chi connectivity index (χ1) is 26.5. The Bertz CT molecular complexity index is 898. The zero-order valence-electron chi connectivity index (χ0n) is 38.8. The van der Waals surface area contributed by atoms with Crippen LogP contribution in [-0.2, 0) is 48.7 Å². The summed E-state index contributed by atoms with van der Waals surface area (Å²) < 4.78 is 58.6. The Labute approximate surface area is 350 Å². The summed E-state index contributed by atoms with van der Waals surface area (Å²) in [7, 11) is 3.44. The van der Waals surface area contributed by atoms with Crippen LogP contribution in [0.15, 0.2) is 0 Å². The fourth-order valence-electron chi connectivity index (χ4n) is 8.07. The molecule has 0 fully saturated rings. The molecule has 0 rings (SSSR count). The van der Waals surface area contributed by atoms with Gasteiger partial charge in [-0.1, -0.05) is 64.7 Å². The summed E-state index contributed by atoms with van der Waals surface area (Å²) in [5.74, 6) is 0.113. The largest absolute Gasteiger partial charge is 0.500 e. The lowest BCUT2D eigenvalue weighted by atomic mass is 9.75. The third-order valence-electron chi connectivity index (χ3n) is 11.6. The van der Waals surface area contributed by atoms with Gasteiger partial charge in [-0.3, -0.25) is 4.79 Å². The predicted molar refractivity (Wildman–Crippen MR) is 240 cm³/mol. The van der Waals surface area contributed by atoms with E-state index >= 15 is 0 Å². The van der Waals surface area contributed by atoms with Crippen LogP contribution in [-0.4, -0.2) is 119 Å². The van der Waals surface area contributed by atoms with Crippen LogP contribution in [0.1, 0.15) is 116 Å². The van der Waals surface area contributed by atoms with Crippen LogP contribution in [0.5, 0.6) is 0 Å². The summed E-state index contributed by atoms with van der Waals surface area (Å²) in [6.45, 7) is 12.5. The van der Waals surface area contributed by atoms with Gasteiger partial charge in [0.1, 0.15) is 0 Å². The van der Waals surface area contributed by atoms with Crippen LogP contribution in [0.4, 0.5) is 0 Å². The lowest BCUT2D eigenvalue weighted by Gasteiger charge is -2.37. The first-order valence-corrected chi connectivity index (χ1v) is 33.5. The van der Waals surface area contributed by atoms with E-state index < -0.39 is 43.0 Å².